The van der Waals surface area contributed by atoms with Gasteiger partial charge in [-0.1, -0.05) is 68.4 Å². The third kappa shape index (κ3) is 4.04. The third-order valence-corrected chi connectivity index (χ3v) is 12.7. The Hall–Kier alpha value is -3.15. The van der Waals surface area contributed by atoms with Crippen molar-refractivity contribution in [1.29, 1.82) is 0 Å². The van der Waals surface area contributed by atoms with E-state index in [4.69, 9.17) is 9.16 Å². The summed E-state index contributed by atoms with van der Waals surface area (Å²) >= 11 is 0. The third-order valence-electron chi connectivity index (χ3n) is 7.75. The Labute approximate surface area is 223 Å². The maximum absolute atomic E-state index is 12.8. The maximum Gasteiger partial charge on any atom is 0.351 e. The van der Waals surface area contributed by atoms with Crippen molar-refractivity contribution in [2.24, 2.45) is 4.99 Å². The van der Waals surface area contributed by atoms with Crippen LogP contribution in [0.4, 0.5) is 5.82 Å². The van der Waals surface area contributed by atoms with E-state index in [1.807, 2.05) is 44.4 Å². The lowest BCUT2D eigenvalue weighted by atomic mass is 9.96. The standard InChI is InChI=1S/C28H34N4O5Si/c1-27(2)20-13-9-10-14-22(20)38(27,19-11-7-6-8-12-19)36-17-21-24(33)28(3,35)25(37-21)32-16-15-23(30-26(32)34)29-18-31(4)5/h6-16,18,21,24-25,33,35H,17H2,1-5H3/b29-18-/t21-,24?,25-,28?,38?/m1/s1. The van der Waals surface area contributed by atoms with E-state index in [1.165, 1.54) is 34.8 Å². The Morgan fingerprint density at radius 3 is 2.50 bits per heavy atom. The normalized spacial score (nSPS) is 29.7. The Kier molecular flexibility index (Phi) is 6.65. The van der Waals surface area contributed by atoms with Gasteiger partial charge in [0.05, 0.1) is 12.9 Å². The molecular formula is C28H34N4O5Si. The van der Waals surface area contributed by atoms with Crippen LogP contribution in [-0.2, 0) is 14.2 Å². The molecule has 0 saturated carbocycles. The molecule has 10 heteroatoms. The number of hydrogen-bond acceptors (Lipinski definition) is 7. The summed E-state index contributed by atoms with van der Waals surface area (Å²) in [6, 6.07) is 20.1. The predicted molar refractivity (Wildman–Crippen MR) is 148 cm³/mol. The molecule has 2 aromatic carbocycles. The summed E-state index contributed by atoms with van der Waals surface area (Å²) in [6.45, 7) is 5.91. The zero-order chi connectivity index (χ0) is 27.3. The van der Waals surface area contributed by atoms with Crippen molar-refractivity contribution >= 4 is 30.8 Å². The van der Waals surface area contributed by atoms with Gasteiger partial charge in [-0.2, -0.15) is 4.98 Å². The summed E-state index contributed by atoms with van der Waals surface area (Å²) in [5.41, 5.74) is -1.13. The number of ether oxygens (including phenoxy) is 1. The van der Waals surface area contributed by atoms with Gasteiger partial charge in [0.1, 0.15) is 17.8 Å². The number of benzene rings is 2. The molecule has 3 aromatic rings. The minimum absolute atomic E-state index is 0.0556. The van der Waals surface area contributed by atoms with Crippen LogP contribution < -0.4 is 16.1 Å². The molecule has 0 spiro atoms. The van der Waals surface area contributed by atoms with Crippen LogP contribution in [0.25, 0.3) is 0 Å². The fraction of sp³-hybridized carbons (Fsp3) is 0.393. The van der Waals surface area contributed by atoms with Gasteiger partial charge in [0, 0.05) is 25.3 Å². The zero-order valence-corrected chi connectivity index (χ0v) is 23.3. The molecule has 5 rings (SSSR count). The minimum atomic E-state index is -2.72. The lowest BCUT2D eigenvalue weighted by Gasteiger charge is -2.55. The summed E-state index contributed by atoms with van der Waals surface area (Å²) in [5.74, 6) is 0.236. The SMILES string of the molecule is CN(C)/C=N\c1ccn([C@@H]2O[C@H](CO[Si]3(c4ccccc4)c4ccccc4C3(C)C)C(O)C2(C)O)c(=O)n1. The first-order valence-corrected chi connectivity index (χ1v) is 14.6. The van der Waals surface area contributed by atoms with Crippen molar-refractivity contribution in [1.82, 2.24) is 14.5 Å². The van der Waals surface area contributed by atoms with E-state index in [-0.39, 0.29) is 17.5 Å². The van der Waals surface area contributed by atoms with Gasteiger partial charge in [-0.05, 0) is 28.9 Å². The molecule has 2 aliphatic heterocycles. The molecule has 1 aromatic heterocycles. The summed E-state index contributed by atoms with van der Waals surface area (Å²) in [7, 11) is 0.901. The summed E-state index contributed by atoms with van der Waals surface area (Å²) in [4.78, 5) is 22.7. The number of rotatable bonds is 7. The number of aliphatic imine (C=N–C) groups is 1. The highest BCUT2D eigenvalue weighted by Gasteiger charge is 2.64. The van der Waals surface area contributed by atoms with E-state index in [1.54, 1.807) is 11.0 Å². The molecule has 38 heavy (non-hydrogen) atoms. The Morgan fingerprint density at radius 1 is 1.13 bits per heavy atom. The molecule has 0 aliphatic carbocycles. The summed E-state index contributed by atoms with van der Waals surface area (Å²) < 4.78 is 14.2. The Morgan fingerprint density at radius 2 is 1.82 bits per heavy atom. The van der Waals surface area contributed by atoms with Crippen molar-refractivity contribution in [3.05, 3.63) is 82.9 Å². The molecule has 0 bridgehead atoms. The van der Waals surface area contributed by atoms with Gasteiger partial charge in [0.2, 0.25) is 0 Å². The summed E-state index contributed by atoms with van der Waals surface area (Å²) in [6.07, 6.45) is -0.277. The number of hydrogen-bond donors (Lipinski definition) is 2. The summed E-state index contributed by atoms with van der Waals surface area (Å²) in [5, 5.41) is 24.5. The van der Waals surface area contributed by atoms with Gasteiger partial charge >= 0.3 is 5.69 Å². The molecule has 2 N–H and O–H groups in total. The van der Waals surface area contributed by atoms with E-state index in [9.17, 15) is 15.0 Å². The Balaban J connectivity index is 1.43. The molecular weight excluding hydrogens is 500 g/mol. The highest BCUT2D eigenvalue weighted by Crippen LogP contribution is 2.44. The highest BCUT2D eigenvalue weighted by molar-refractivity contribution is 7.03. The monoisotopic (exact) mass is 534 g/mol. The van der Waals surface area contributed by atoms with Gasteiger partial charge < -0.3 is 24.3 Å². The van der Waals surface area contributed by atoms with Crippen LogP contribution in [0, 0.1) is 0 Å². The average Bonchev–Trinajstić information content (AvgIpc) is 3.12. The van der Waals surface area contributed by atoms with E-state index in [0.717, 1.165) is 5.19 Å². The van der Waals surface area contributed by atoms with Crippen LogP contribution in [0.15, 0.2) is 76.6 Å². The van der Waals surface area contributed by atoms with Crippen LogP contribution in [0.2, 0.25) is 0 Å². The lowest BCUT2D eigenvalue weighted by molar-refractivity contribution is -0.0984. The quantitative estimate of drug-likeness (QED) is 0.265. The number of aliphatic hydroxyl groups excluding tert-OH is 1. The van der Waals surface area contributed by atoms with Crippen molar-refractivity contribution < 1.29 is 19.4 Å². The predicted octanol–water partition coefficient (Wildman–Crippen LogP) is 1.08. The van der Waals surface area contributed by atoms with E-state index < -0.39 is 38.0 Å². The molecule has 200 valence electrons. The van der Waals surface area contributed by atoms with Gasteiger partial charge in [0.15, 0.2) is 12.0 Å². The van der Waals surface area contributed by atoms with Crippen LogP contribution in [0.3, 0.4) is 0 Å². The van der Waals surface area contributed by atoms with Gasteiger partial charge in [0.25, 0.3) is 8.32 Å². The molecule has 1 saturated heterocycles. The first kappa shape index (κ1) is 26.5. The topological polar surface area (TPSA) is 109 Å². The van der Waals surface area contributed by atoms with Gasteiger partial charge in [-0.3, -0.25) is 4.57 Å². The van der Waals surface area contributed by atoms with Crippen molar-refractivity contribution in [2.75, 3.05) is 20.7 Å². The maximum atomic E-state index is 12.8. The number of aliphatic hydroxyl groups is 2. The fourth-order valence-corrected chi connectivity index (χ4v) is 10.7. The molecule has 9 nitrogen and oxygen atoms in total. The number of aromatic nitrogens is 2. The van der Waals surface area contributed by atoms with Crippen LogP contribution in [0.5, 0.6) is 0 Å². The lowest BCUT2D eigenvalue weighted by Crippen LogP contribution is -2.81. The second-order valence-corrected chi connectivity index (χ2v) is 14.9. The van der Waals surface area contributed by atoms with E-state index in [0.29, 0.717) is 0 Å². The van der Waals surface area contributed by atoms with Crippen LogP contribution >= 0.6 is 0 Å². The van der Waals surface area contributed by atoms with Crippen molar-refractivity contribution in [3.63, 3.8) is 0 Å². The Bertz CT molecular complexity index is 1410. The molecule has 0 radical (unpaired) electrons. The fourth-order valence-electron chi connectivity index (χ4n) is 5.74. The van der Waals surface area contributed by atoms with Gasteiger partial charge in [-0.25, -0.2) is 9.79 Å². The second kappa shape index (κ2) is 9.55. The van der Waals surface area contributed by atoms with Crippen LogP contribution in [0.1, 0.15) is 32.6 Å². The van der Waals surface area contributed by atoms with Gasteiger partial charge in [-0.15, -0.1) is 0 Å². The molecule has 2 aliphatic rings. The van der Waals surface area contributed by atoms with Crippen molar-refractivity contribution in [2.45, 2.75) is 49.8 Å². The number of nitrogens with zero attached hydrogens (tertiary/aromatic N) is 4. The smallest absolute Gasteiger partial charge is 0.351 e. The van der Waals surface area contributed by atoms with Crippen LogP contribution in [-0.4, -0.2) is 77.8 Å². The van der Waals surface area contributed by atoms with E-state index in [2.05, 4.69) is 48.1 Å². The average molecular weight is 535 g/mol. The molecule has 3 heterocycles. The molecule has 0 amide bonds. The zero-order valence-electron chi connectivity index (χ0n) is 22.3. The first-order valence-electron chi connectivity index (χ1n) is 12.7. The number of fused-ring (bicyclic) bond motifs is 1. The molecule has 3 unspecified atom stereocenters. The second-order valence-electron chi connectivity index (χ2n) is 10.9. The first-order chi connectivity index (χ1) is 18.0. The highest BCUT2D eigenvalue weighted by atomic mass is 28.4. The van der Waals surface area contributed by atoms with Crippen molar-refractivity contribution in [3.8, 4) is 0 Å². The van der Waals surface area contributed by atoms with E-state index >= 15 is 0 Å². The molecule has 5 atom stereocenters. The largest absolute Gasteiger partial charge is 0.404 e. The minimum Gasteiger partial charge on any atom is -0.404 e. The molecule has 1 fully saturated rings.